The van der Waals surface area contributed by atoms with Crippen molar-refractivity contribution in [3.8, 4) is 5.75 Å². The zero-order chi connectivity index (χ0) is 18.0. The van der Waals surface area contributed by atoms with Crippen LogP contribution in [0.4, 0.5) is 13.6 Å². The number of nitrogens with one attached hydrogen (secondary N) is 2. The maximum Gasteiger partial charge on any atom is 0.405 e. The topological polar surface area (TPSA) is 87.2 Å². The van der Waals surface area contributed by atoms with Crippen LogP contribution in [0.3, 0.4) is 0 Å². The minimum atomic E-state index is -1.27. The summed E-state index contributed by atoms with van der Waals surface area (Å²) in [7, 11) is 1.43. The molecule has 2 aromatic carbocycles. The van der Waals surface area contributed by atoms with Crippen molar-refractivity contribution in [2.24, 2.45) is 0 Å². The summed E-state index contributed by atoms with van der Waals surface area (Å²) in [6.45, 7) is 0. The summed E-state index contributed by atoms with van der Waals surface area (Å²) in [4.78, 5) is 18.3. The lowest BCUT2D eigenvalue weighted by Gasteiger charge is -2.15. The third-order valence-corrected chi connectivity index (χ3v) is 3.78. The van der Waals surface area contributed by atoms with Gasteiger partial charge in [0.15, 0.2) is 0 Å². The van der Waals surface area contributed by atoms with Gasteiger partial charge in [-0.25, -0.2) is 18.6 Å². The summed E-state index contributed by atoms with van der Waals surface area (Å²) in [6, 6.07) is 7.52. The van der Waals surface area contributed by atoms with Crippen LogP contribution < -0.4 is 10.1 Å². The monoisotopic (exact) mass is 347 g/mol. The van der Waals surface area contributed by atoms with E-state index in [9.17, 15) is 13.6 Å². The van der Waals surface area contributed by atoms with Gasteiger partial charge < -0.3 is 20.1 Å². The van der Waals surface area contributed by atoms with Crippen LogP contribution in [0.5, 0.6) is 5.75 Å². The average molecular weight is 347 g/mol. The summed E-state index contributed by atoms with van der Waals surface area (Å²) in [5.74, 6) is -0.324. The predicted octanol–water partition coefficient (Wildman–Crippen LogP) is 3.40. The summed E-state index contributed by atoms with van der Waals surface area (Å²) in [6.07, 6.45) is -1.24. The van der Waals surface area contributed by atoms with E-state index in [-0.39, 0.29) is 12.2 Å². The molecule has 0 radical (unpaired) electrons. The van der Waals surface area contributed by atoms with Crippen molar-refractivity contribution in [1.82, 2.24) is 15.3 Å². The SMILES string of the molecule is COc1ccc(CC(NC(=O)O)c2nc3cc(F)ccc3[nH]2)c(F)c1. The third kappa shape index (κ3) is 3.68. The third-order valence-electron chi connectivity index (χ3n) is 3.78. The Kier molecular flexibility index (Phi) is 4.51. The van der Waals surface area contributed by atoms with Crippen molar-refractivity contribution in [3.63, 3.8) is 0 Å². The fourth-order valence-corrected chi connectivity index (χ4v) is 2.57. The number of aromatic amines is 1. The highest BCUT2D eigenvalue weighted by Crippen LogP contribution is 2.24. The van der Waals surface area contributed by atoms with Gasteiger partial charge in [0, 0.05) is 18.6 Å². The van der Waals surface area contributed by atoms with Gasteiger partial charge in [-0.3, -0.25) is 0 Å². The smallest absolute Gasteiger partial charge is 0.405 e. The lowest BCUT2D eigenvalue weighted by Crippen LogP contribution is -2.29. The number of amides is 1. The number of carboxylic acid groups (broad SMARTS) is 1. The van der Waals surface area contributed by atoms with Crippen LogP contribution in [0, 0.1) is 11.6 Å². The molecule has 0 aliphatic carbocycles. The van der Waals surface area contributed by atoms with Crippen LogP contribution in [0.1, 0.15) is 17.4 Å². The van der Waals surface area contributed by atoms with Gasteiger partial charge >= 0.3 is 6.09 Å². The molecule has 1 heterocycles. The van der Waals surface area contributed by atoms with Gasteiger partial charge in [-0.2, -0.15) is 0 Å². The molecule has 25 heavy (non-hydrogen) atoms. The minimum Gasteiger partial charge on any atom is -0.497 e. The molecule has 3 rings (SSSR count). The molecule has 1 aromatic heterocycles. The molecule has 0 bridgehead atoms. The van der Waals surface area contributed by atoms with Gasteiger partial charge in [-0.05, 0) is 23.8 Å². The Labute approximate surface area is 141 Å². The number of aromatic nitrogens is 2. The van der Waals surface area contributed by atoms with E-state index in [2.05, 4.69) is 15.3 Å². The second kappa shape index (κ2) is 6.76. The van der Waals surface area contributed by atoms with Crippen LogP contribution >= 0.6 is 0 Å². The van der Waals surface area contributed by atoms with Crippen molar-refractivity contribution in [2.75, 3.05) is 7.11 Å². The number of nitrogens with zero attached hydrogens (tertiary/aromatic N) is 1. The Bertz CT molecular complexity index is 927. The lowest BCUT2D eigenvalue weighted by molar-refractivity contribution is 0.189. The van der Waals surface area contributed by atoms with Gasteiger partial charge in [0.25, 0.3) is 0 Å². The molecule has 0 saturated carbocycles. The molecule has 1 amide bonds. The van der Waals surface area contributed by atoms with Crippen LogP contribution in [-0.4, -0.2) is 28.3 Å². The van der Waals surface area contributed by atoms with Crippen molar-refractivity contribution in [1.29, 1.82) is 0 Å². The molecule has 0 saturated heterocycles. The molecule has 130 valence electrons. The van der Waals surface area contributed by atoms with Crippen LogP contribution in [0.25, 0.3) is 11.0 Å². The number of methoxy groups -OCH3 is 1. The Morgan fingerprint density at radius 1 is 1.32 bits per heavy atom. The van der Waals surface area contributed by atoms with E-state index in [0.717, 1.165) is 0 Å². The molecule has 1 unspecified atom stereocenters. The first-order chi connectivity index (χ1) is 12.0. The highest BCUT2D eigenvalue weighted by Gasteiger charge is 2.20. The maximum atomic E-state index is 14.2. The van der Waals surface area contributed by atoms with E-state index in [1.165, 1.54) is 37.4 Å². The van der Waals surface area contributed by atoms with E-state index in [0.29, 0.717) is 22.3 Å². The highest BCUT2D eigenvalue weighted by atomic mass is 19.1. The quantitative estimate of drug-likeness (QED) is 0.660. The fraction of sp³-hybridized carbons (Fsp3) is 0.176. The molecular formula is C17H15F2N3O3. The number of H-pyrrole nitrogens is 1. The van der Waals surface area contributed by atoms with Crippen molar-refractivity contribution >= 4 is 17.1 Å². The molecular weight excluding hydrogens is 332 g/mol. The predicted molar refractivity (Wildman–Crippen MR) is 86.6 cm³/mol. The van der Waals surface area contributed by atoms with Gasteiger partial charge in [0.2, 0.25) is 0 Å². The number of rotatable bonds is 5. The Morgan fingerprint density at radius 2 is 2.12 bits per heavy atom. The van der Waals surface area contributed by atoms with Crippen molar-refractivity contribution in [3.05, 3.63) is 59.4 Å². The Balaban J connectivity index is 1.94. The van der Waals surface area contributed by atoms with Gasteiger partial charge in [-0.1, -0.05) is 6.07 Å². The highest BCUT2D eigenvalue weighted by molar-refractivity contribution is 5.75. The average Bonchev–Trinajstić information content (AvgIpc) is 2.98. The fourth-order valence-electron chi connectivity index (χ4n) is 2.57. The minimum absolute atomic E-state index is 0.0322. The molecule has 0 aliphatic heterocycles. The zero-order valence-corrected chi connectivity index (χ0v) is 13.2. The molecule has 3 N–H and O–H groups in total. The number of fused-ring (bicyclic) bond motifs is 1. The number of imidazole rings is 1. The van der Waals surface area contributed by atoms with E-state index in [1.54, 1.807) is 6.07 Å². The van der Waals surface area contributed by atoms with Gasteiger partial charge in [-0.15, -0.1) is 0 Å². The first-order valence-electron chi connectivity index (χ1n) is 7.43. The normalized spacial score (nSPS) is 12.1. The molecule has 3 aromatic rings. The van der Waals surface area contributed by atoms with E-state index in [1.807, 2.05) is 0 Å². The number of carbonyl (C=O) groups is 1. The summed E-state index contributed by atoms with van der Waals surface area (Å²) in [5.41, 5.74) is 1.22. The first kappa shape index (κ1) is 16.7. The van der Waals surface area contributed by atoms with Gasteiger partial charge in [0.1, 0.15) is 23.2 Å². The number of halogens is 2. The Morgan fingerprint density at radius 3 is 2.80 bits per heavy atom. The molecule has 1 atom stereocenters. The van der Waals surface area contributed by atoms with E-state index in [4.69, 9.17) is 9.84 Å². The number of ether oxygens (including phenoxy) is 1. The van der Waals surface area contributed by atoms with Crippen LogP contribution in [-0.2, 0) is 6.42 Å². The molecule has 8 heteroatoms. The van der Waals surface area contributed by atoms with Crippen LogP contribution in [0.15, 0.2) is 36.4 Å². The molecule has 0 aliphatic rings. The van der Waals surface area contributed by atoms with Crippen molar-refractivity contribution < 1.29 is 23.4 Å². The first-order valence-corrected chi connectivity index (χ1v) is 7.43. The number of hydrogen-bond donors (Lipinski definition) is 3. The van der Waals surface area contributed by atoms with Crippen molar-refractivity contribution in [2.45, 2.75) is 12.5 Å². The lowest BCUT2D eigenvalue weighted by atomic mass is 10.0. The largest absolute Gasteiger partial charge is 0.497 e. The zero-order valence-electron chi connectivity index (χ0n) is 13.2. The maximum absolute atomic E-state index is 14.2. The molecule has 0 fully saturated rings. The number of benzene rings is 2. The standard InChI is InChI=1S/C17H15F2N3O3/c1-25-11-4-2-9(12(19)8-11)6-15(22-17(23)24)16-20-13-5-3-10(18)7-14(13)21-16/h2-5,7-8,15,22H,6H2,1H3,(H,20,21)(H,23,24). The number of hydrogen-bond acceptors (Lipinski definition) is 3. The van der Waals surface area contributed by atoms with E-state index < -0.39 is 23.8 Å². The summed E-state index contributed by atoms with van der Waals surface area (Å²) < 4.78 is 32.4. The molecule has 0 spiro atoms. The second-order valence-electron chi connectivity index (χ2n) is 5.45. The molecule has 6 nitrogen and oxygen atoms in total. The Hall–Kier alpha value is -3.16. The second-order valence-corrected chi connectivity index (χ2v) is 5.45. The van der Waals surface area contributed by atoms with Crippen LogP contribution in [0.2, 0.25) is 0 Å². The van der Waals surface area contributed by atoms with E-state index >= 15 is 0 Å². The van der Waals surface area contributed by atoms with Gasteiger partial charge in [0.05, 0.1) is 24.2 Å². The summed E-state index contributed by atoms with van der Waals surface area (Å²) >= 11 is 0. The summed E-state index contributed by atoms with van der Waals surface area (Å²) in [5, 5.41) is 11.4.